The summed E-state index contributed by atoms with van der Waals surface area (Å²) < 4.78 is 28.0. The molecule has 0 aromatic heterocycles. The molecule has 0 aromatic rings. The topological polar surface area (TPSA) is 6.48 Å². The third kappa shape index (κ3) is 1.68. The molecule has 0 N–H and O–H groups in total. The van der Waals surface area contributed by atoms with Crippen molar-refractivity contribution in [1.82, 2.24) is 9.80 Å². The van der Waals surface area contributed by atoms with E-state index in [4.69, 9.17) is 0 Å². The molecule has 2 aliphatic rings. The molecular formula is C11H20F2N2. The summed E-state index contributed by atoms with van der Waals surface area (Å²) >= 11 is 0. The lowest BCUT2D eigenvalue weighted by molar-refractivity contribution is -0.223. The minimum absolute atomic E-state index is 0.0406. The number of hydrogen-bond acceptors (Lipinski definition) is 2. The lowest BCUT2D eigenvalue weighted by atomic mass is 9.69. The number of piperidine rings is 1. The van der Waals surface area contributed by atoms with Gasteiger partial charge in [0.25, 0.3) is 5.92 Å². The third-order valence-corrected chi connectivity index (χ3v) is 4.05. The standard InChI is InChI=1S/C11H20F2N2/c1-3-14-6-5-10(11(12,13)9-14)7-15(4-2)8-10/h3-9H2,1-2H3. The van der Waals surface area contributed by atoms with E-state index in [-0.39, 0.29) is 6.54 Å². The minimum atomic E-state index is -2.49. The summed E-state index contributed by atoms with van der Waals surface area (Å²) in [5.41, 5.74) is -0.700. The molecule has 0 atom stereocenters. The van der Waals surface area contributed by atoms with Gasteiger partial charge in [0.2, 0.25) is 0 Å². The van der Waals surface area contributed by atoms with Crippen LogP contribution in [0.1, 0.15) is 20.3 Å². The number of likely N-dealkylation sites (tertiary alicyclic amines) is 2. The summed E-state index contributed by atoms with van der Waals surface area (Å²) in [6.45, 7) is 7.60. The van der Waals surface area contributed by atoms with Crippen LogP contribution in [0.2, 0.25) is 0 Å². The Kier molecular flexibility index (Phi) is 2.75. The molecule has 0 amide bonds. The van der Waals surface area contributed by atoms with Crippen LogP contribution >= 0.6 is 0 Å². The van der Waals surface area contributed by atoms with E-state index in [1.54, 1.807) is 0 Å². The second kappa shape index (κ2) is 3.67. The third-order valence-electron chi connectivity index (χ3n) is 4.05. The first kappa shape index (κ1) is 11.3. The maximum absolute atomic E-state index is 14.0. The maximum Gasteiger partial charge on any atom is 0.268 e. The fourth-order valence-electron chi connectivity index (χ4n) is 2.78. The number of halogens is 2. The molecule has 2 aliphatic heterocycles. The lowest BCUT2D eigenvalue weighted by Gasteiger charge is -2.57. The molecule has 88 valence electrons. The zero-order valence-electron chi connectivity index (χ0n) is 9.60. The average Bonchev–Trinajstić information content (AvgIpc) is 2.13. The van der Waals surface area contributed by atoms with Gasteiger partial charge < -0.3 is 4.90 Å². The highest BCUT2D eigenvalue weighted by molar-refractivity contribution is 5.07. The van der Waals surface area contributed by atoms with E-state index >= 15 is 0 Å². The predicted octanol–water partition coefficient (Wildman–Crippen LogP) is 1.67. The van der Waals surface area contributed by atoms with Crippen molar-refractivity contribution in [2.75, 3.05) is 39.3 Å². The number of nitrogens with zero attached hydrogens (tertiary/aromatic N) is 2. The largest absolute Gasteiger partial charge is 0.302 e. The molecule has 0 bridgehead atoms. The fraction of sp³-hybridized carbons (Fsp3) is 1.00. The predicted molar refractivity (Wildman–Crippen MR) is 56.2 cm³/mol. The summed E-state index contributed by atoms with van der Waals surface area (Å²) in [6.07, 6.45) is 0.657. The SMILES string of the molecule is CCN1CCC2(CN(CC)C2)C(F)(F)C1. The molecule has 2 fully saturated rings. The second-order valence-corrected chi connectivity index (χ2v) is 4.91. The summed E-state index contributed by atoms with van der Waals surface area (Å²) in [6, 6.07) is 0. The first-order valence-electron chi connectivity index (χ1n) is 5.85. The van der Waals surface area contributed by atoms with E-state index < -0.39 is 11.3 Å². The van der Waals surface area contributed by atoms with Crippen LogP contribution in [0.3, 0.4) is 0 Å². The van der Waals surface area contributed by atoms with Crippen molar-refractivity contribution >= 4 is 0 Å². The highest BCUT2D eigenvalue weighted by atomic mass is 19.3. The Labute approximate surface area is 90.2 Å². The van der Waals surface area contributed by atoms with Crippen molar-refractivity contribution in [3.05, 3.63) is 0 Å². The quantitative estimate of drug-likeness (QED) is 0.695. The van der Waals surface area contributed by atoms with Crippen LogP contribution < -0.4 is 0 Å². The number of hydrogen-bond donors (Lipinski definition) is 0. The Hall–Kier alpha value is -0.220. The van der Waals surface area contributed by atoms with Gasteiger partial charge >= 0.3 is 0 Å². The molecule has 1 spiro atoms. The van der Waals surface area contributed by atoms with Crippen molar-refractivity contribution in [3.8, 4) is 0 Å². The van der Waals surface area contributed by atoms with Crippen molar-refractivity contribution < 1.29 is 8.78 Å². The van der Waals surface area contributed by atoms with Crippen molar-refractivity contribution in [1.29, 1.82) is 0 Å². The molecule has 2 heterocycles. The normalized spacial score (nSPS) is 30.4. The molecular weight excluding hydrogens is 198 g/mol. The van der Waals surface area contributed by atoms with E-state index in [1.165, 1.54) is 0 Å². The van der Waals surface area contributed by atoms with Crippen LogP contribution in [0, 0.1) is 5.41 Å². The molecule has 0 aliphatic carbocycles. The van der Waals surface area contributed by atoms with E-state index in [1.807, 2.05) is 18.7 Å². The van der Waals surface area contributed by atoms with Gasteiger partial charge in [-0.3, -0.25) is 4.90 Å². The van der Waals surface area contributed by atoms with E-state index in [2.05, 4.69) is 4.90 Å². The first-order chi connectivity index (χ1) is 7.03. The molecule has 2 rings (SSSR count). The van der Waals surface area contributed by atoms with Gasteiger partial charge in [0.05, 0.1) is 12.0 Å². The Balaban J connectivity index is 2.03. The molecule has 0 unspecified atom stereocenters. The number of rotatable bonds is 2. The highest BCUT2D eigenvalue weighted by Gasteiger charge is 2.61. The van der Waals surface area contributed by atoms with Gasteiger partial charge in [-0.05, 0) is 26.1 Å². The summed E-state index contributed by atoms with van der Waals surface area (Å²) in [7, 11) is 0. The lowest BCUT2D eigenvalue weighted by Crippen LogP contribution is -2.69. The van der Waals surface area contributed by atoms with Crippen molar-refractivity contribution in [2.45, 2.75) is 26.2 Å². The smallest absolute Gasteiger partial charge is 0.268 e. The second-order valence-electron chi connectivity index (χ2n) is 4.91. The maximum atomic E-state index is 14.0. The molecule has 4 heteroatoms. The minimum Gasteiger partial charge on any atom is -0.302 e. The van der Waals surface area contributed by atoms with Gasteiger partial charge in [0.15, 0.2) is 0 Å². The van der Waals surface area contributed by atoms with Gasteiger partial charge in [0.1, 0.15) is 0 Å². The Morgan fingerprint density at radius 3 is 2.07 bits per heavy atom. The van der Waals surface area contributed by atoms with Crippen LogP contribution in [0.5, 0.6) is 0 Å². The molecule has 0 aromatic carbocycles. The summed E-state index contributed by atoms with van der Waals surface area (Å²) in [5, 5.41) is 0. The zero-order chi connectivity index (χ0) is 11.1. The van der Waals surface area contributed by atoms with Gasteiger partial charge in [-0.2, -0.15) is 0 Å². The molecule has 2 nitrogen and oxygen atoms in total. The summed E-state index contributed by atoms with van der Waals surface area (Å²) in [4.78, 5) is 3.97. The van der Waals surface area contributed by atoms with Gasteiger partial charge in [0, 0.05) is 13.1 Å². The summed E-state index contributed by atoms with van der Waals surface area (Å²) in [5.74, 6) is -2.49. The van der Waals surface area contributed by atoms with Gasteiger partial charge in [-0.1, -0.05) is 13.8 Å². The average molecular weight is 218 g/mol. The zero-order valence-corrected chi connectivity index (χ0v) is 9.60. The van der Waals surface area contributed by atoms with E-state index in [0.717, 1.165) is 19.6 Å². The van der Waals surface area contributed by atoms with Gasteiger partial charge in [-0.15, -0.1) is 0 Å². The highest BCUT2D eigenvalue weighted by Crippen LogP contribution is 2.49. The fourth-order valence-corrected chi connectivity index (χ4v) is 2.78. The van der Waals surface area contributed by atoms with Crippen molar-refractivity contribution in [3.63, 3.8) is 0 Å². The van der Waals surface area contributed by atoms with Crippen LogP contribution in [0.15, 0.2) is 0 Å². The van der Waals surface area contributed by atoms with Crippen LogP contribution in [-0.2, 0) is 0 Å². The Morgan fingerprint density at radius 2 is 1.60 bits per heavy atom. The van der Waals surface area contributed by atoms with Crippen LogP contribution in [0.25, 0.3) is 0 Å². The van der Waals surface area contributed by atoms with E-state index in [0.29, 0.717) is 19.5 Å². The van der Waals surface area contributed by atoms with Crippen LogP contribution in [0.4, 0.5) is 8.78 Å². The molecule has 0 saturated carbocycles. The van der Waals surface area contributed by atoms with Crippen molar-refractivity contribution in [2.24, 2.45) is 5.41 Å². The Morgan fingerprint density at radius 1 is 1.00 bits per heavy atom. The van der Waals surface area contributed by atoms with Gasteiger partial charge in [-0.25, -0.2) is 8.78 Å². The molecule has 0 radical (unpaired) electrons. The number of alkyl halides is 2. The Bertz CT molecular complexity index is 237. The molecule has 2 saturated heterocycles. The molecule has 15 heavy (non-hydrogen) atoms. The monoisotopic (exact) mass is 218 g/mol. The first-order valence-corrected chi connectivity index (χ1v) is 5.85. The van der Waals surface area contributed by atoms with Crippen LogP contribution in [-0.4, -0.2) is 55.0 Å². The van der Waals surface area contributed by atoms with E-state index in [9.17, 15) is 8.78 Å².